The number of allylic oxidation sites excluding steroid dienone is 4. The summed E-state index contributed by atoms with van der Waals surface area (Å²) in [5.74, 6) is 65.8. The Labute approximate surface area is 826 Å². The van der Waals surface area contributed by atoms with E-state index in [0.717, 1.165) is 336 Å². The minimum absolute atomic E-state index is 0.878. The lowest BCUT2D eigenvalue weighted by Crippen LogP contribution is -2.38. The molecule has 31 unspecified atom stereocenters. The van der Waals surface area contributed by atoms with Crippen molar-refractivity contribution in [3.8, 4) is 0 Å². The molecule has 0 amide bonds. The standard InChI is InChI=1S/C11H20.C10H18O.C10H18S.2C10H18.2C10H16.C9H16O.2C9H16S.C9H16.C8H14O.C8H14S/c1-8(2)11-6-9-4-3-5-10(9)7-11;2*1-7(2)8-3-9-5-11-6-10(9)4-8;1-7(2)10-6-8-4-3-5-9(8)10;3*1-7(2)10-8-5-3-4-6-9(8)10;2*1-6(2)8-3-7-4-10-5-9(7)8;1-6(2)9-7-3-4-10-5-8(7)9;1-6(2)9-7-4-3-5-8(7)9;2*1-5(2)8-6-3-9-4-7(6)8/h8-11H,3-7H2,1-2H3;2*7-10H,3-6H2,1-2H3;2*7-10H,3-6H2,1-2H3;3,5,7-10H,4,6H2,1-2H3;3-4,7-10H,5-6H2,1-2H3;3*6-9H,3-5H2,1-2H3;6-9H,3-5H2,1-2H3;2*5-8H,3-4H2,1-2H3. The summed E-state index contributed by atoms with van der Waals surface area (Å²) >= 11 is 8.67. The van der Waals surface area contributed by atoms with Crippen LogP contribution >= 0.6 is 47.0 Å². The maximum atomic E-state index is 5.44. The maximum Gasteiger partial charge on any atom is 0.0500 e. The van der Waals surface area contributed by atoms with E-state index >= 15 is 0 Å². The fourth-order valence-electron chi connectivity index (χ4n) is 34.4. The van der Waals surface area contributed by atoms with Crippen LogP contribution in [0, 0.1) is 308 Å². The highest BCUT2D eigenvalue weighted by atomic mass is 32.2. The molecule has 0 N–H and O–H groups in total. The maximum absolute atomic E-state index is 5.44. The predicted octanol–water partition coefficient (Wildman–Crippen LogP) is 34.4. The molecule has 24 fully saturated rings. The molecule has 750 valence electrons. The summed E-state index contributed by atoms with van der Waals surface area (Å²) in [5.41, 5.74) is 0. The van der Waals surface area contributed by atoms with Crippen molar-refractivity contribution in [2.75, 3.05) is 85.7 Å². The summed E-state index contributed by atoms with van der Waals surface area (Å²) in [6, 6.07) is 0. The molecule has 3 nitrogen and oxygen atoms in total. The van der Waals surface area contributed by atoms with Crippen molar-refractivity contribution in [1.29, 1.82) is 0 Å². The zero-order valence-corrected chi connectivity index (χ0v) is 93.4. The molecule has 130 heavy (non-hydrogen) atoms. The highest BCUT2D eigenvalue weighted by Gasteiger charge is 2.59. The van der Waals surface area contributed by atoms with E-state index in [0.29, 0.717) is 0 Å². The highest BCUT2D eigenvalue weighted by molar-refractivity contribution is 8.00. The molecule has 0 aromatic heterocycles. The Morgan fingerprint density at radius 2 is 0.538 bits per heavy atom. The Hall–Kier alpha value is 0.760. The average molecular weight is 1870 g/mol. The van der Waals surface area contributed by atoms with Crippen LogP contribution in [0.15, 0.2) is 24.3 Å². The van der Waals surface area contributed by atoms with E-state index < -0.39 is 0 Å². The minimum atomic E-state index is 0.878. The predicted molar refractivity (Wildman–Crippen MR) is 574 cm³/mol. The molecule has 0 radical (unpaired) electrons. The second-order valence-electron chi connectivity index (χ2n) is 54.8. The lowest BCUT2D eigenvalue weighted by molar-refractivity contribution is 0.0621. The molecule has 19 aliphatic carbocycles. The second-order valence-corrected chi connectivity index (χ2v) is 59.1. The number of hydrogen-bond donors (Lipinski definition) is 0. The molecule has 0 bridgehead atoms. The van der Waals surface area contributed by atoms with E-state index in [1.807, 2.05) is 0 Å². The van der Waals surface area contributed by atoms with Crippen molar-refractivity contribution < 1.29 is 14.2 Å². The summed E-state index contributed by atoms with van der Waals surface area (Å²) in [5, 5.41) is 0. The first-order valence-electron chi connectivity index (χ1n) is 58.7. The van der Waals surface area contributed by atoms with Gasteiger partial charge < -0.3 is 14.2 Å². The van der Waals surface area contributed by atoms with E-state index in [-0.39, 0.29) is 0 Å². The van der Waals surface area contributed by atoms with Crippen LogP contribution in [0.5, 0.6) is 0 Å². The number of rotatable bonds is 13. The quantitative estimate of drug-likeness (QED) is 0.170. The Bertz CT molecular complexity index is 2940. The zero-order chi connectivity index (χ0) is 92.8. The smallest absolute Gasteiger partial charge is 0.0500 e. The van der Waals surface area contributed by atoms with Gasteiger partial charge in [0.25, 0.3) is 0 Å². The number of ether oxygens (including phenoxy) is 3. The van der Waals surface area contributed by atoms with Crippen LogP contribution in [0.3, 0.4) is 0 Å². The van der Waals surface area contributed by atoms with Gasteiger partial charge in [-0.1, -0.05) is 256 Å². The van der Waals surface area contributed by atoms with Crippen LogP contribution < -0.4 is 0 Å². The first kappa shape index (κ1) is 107. The molecule has 31 atom stereocenters. The van der Waals surface area contributed by atoms with Crippen LogP contribution in [0.2, 0.25) is 0 Å². The topological polar surface area (TPSA) is 27.7 Å². The van der Waals surface area contributed by atoms with E-state index in [2.05, 4.69) is 251 Å². The molecular formula is C123H216O3S4. The molecule has 0 aromatic carbocycles. The van der Waals surface area contributed by atoms with Gasteiger partial charge in [-0.25, -0.2) is 0 Å². The van der Waals surface area contributed by atoms with Gasteiger partial charge >= 0.3 is 0 Å². The first-order chi connectivity index (χ1) is 62.3. The van der Waals surface area contributed by atoms with Crippen LogP contribution in [-0.4, -0.2) is 85.7 Å². The fourth-order valence-corrected chi connectivity index (χ4v) is 40.5. The van der Waals surface area contributed by atoms with Gasteiger partial charge in [0.05, 0.1) is 19.8 Å². The van der Waals surface area contributed by atoms with Gasteiger partial charge in [0, 0.05) is 19.8 Å². The molecular weight excluding hydrogens is 1650 g/mol. The van der Waals surface area contributed by atoms with E-state index in [4.69, 9.17) is 14.2 Å². The zero-order valence-electron chi connectivity index (χ0n) is 90.2. The van der Waals surface area contributed by atoms with Crippen molar-refractivity contribution in [3.63, 3.8) is 0 Å². The van der Waals surface area contributed by atoms with Crippen LogP contribution in [-0.2, 0) is 14.2 Å². The van der Waals surface area contributed by atoms with Crippen LogP contribution in [0.1, 0.15) is 353 Å². The van der Waals surface area contributed by atoms with Crippen LogP contribution in [0.4, 0.5) is 0 Å². The molecule has 7 aliphatic heterocycles. The third-order valence-electron chi connectivity index (χ3n) is 42.7. The van der Waals surface area contributed by atoms with Crippen molar-refractivity contribution in [3.05, 3.63) is 24.3 Å². The van der Waals surface area contributed by atoms with Crippen molar-refractivity contribution in [1.82, 2.24) is 0 Å². The Morgan fingerprint density at radius 1 is 0.208 bits per heavy atom. The van der Waals surface area contributed by atoms with Crippen LogP contribution in [0.25, 0.3) is 0 Å². The normalized spacial score (nSPS) is 45.1. The lowest BCUT2D eigenvalue weighted by Gasteiger charge is -2.43. The van der Waals surface area contributed by atoms with Gasteiger partial charge in [-0.3, -0.25) is 0 Å². The molecule has 7 heteroatoms. The molecule has 0 aromatic rings. The lowest BCUT2D eigenvalue weighted by atomic mass is 9.62. The summed E-state index contributed by atoms with van der Waals surface area (Å²) in [7, 11) is 0. The Kier molecular flexibility index (Phi) is 40.5. The van der Waals surface area contributed by atoms with Gasteiger partial charge in [0.2, 0.25) is 0 Å². The van der Waals surface area contributed by atoms with Crippen molar-refractivity contribution >= 4 is 47.0 Å². The van der Waals surface area contributed by atoms with Crippen molar-refractivity contribution in [2.24, 2.45) is 308 Å². The summed E-state index contributed by atoms with van der Waals surface area (Å²) < 4.78 is 16.1. The molecule has 26 aliphatic rings. The molecule has 26 rings (SSSR count). The number of thioether (sulfide) groups is 4. The summed E-state index contributed by atoms with van der Waals surface area (Å²) in [4.78, 5) is 0. The van der Waals surface area contributed by atoms with E-state index in [1.54, 1.807) is 70.6 Å². The molecule has 17 saturated carbocycles. The third kappa shape index (κ3) is 27.4. The largest absolute Gasteiger partial charge is 0.381 e. The number of hydrogen-bond acceptors (Lipinski definition) is 7. The molecule has 0 spiro atoms. The van der Waals surface area contributed by atoms with Crippen molar-refractivity contribution in [2.45, 2.75) is 353 Å². The van der Waals surface area contributed by atoms with Gasteiger partial charge in [-0.2, -0.15) is 47.0 Å². The minimum Gasteiger partial charge on any atom is -0.381 e. The number of fused-ring (bicyclic) bond motifs is 13. The first-order valence-corrected chi connectivity index (χ1v) is 63.3. The monoisotopic (exact) mass is 1870 g/mol. The van der Waals surface area contributed by atoms with Gasteiger partial charge in [0.1, 0.15) is 0 Å². The fraction of sp³-hybridized carbons (Fsp3) is 0.967. The Morgan fingerprint density at radius 3 is 0.977 bits per heavy atom. The average Bonchev–Trinajstić information content (AvgIpc) is 1.58. The summed E-state index contributed by atoms with van der Waals surface area (Å²) in [6.07, 6.45) is 50.2. The van der Waals surface area contributed by atoms with E-state index in [1.165, 1.54) is 161 Å². The second kappa shape index (κ2) is 49.4. The summed E-state index contributed by atoms with van der Waals surface area (Å²) in [6.45, 7) is 67.9. The van der Waals surface area contributed by atoms with Gasteiger partial charge in [-0.15, -0.1) is 0 Å². The van der Waals surface area contributed by atoms with E-state index in [9.17, 15) is 0 Å². The molecule has 7 heterocycles. The van der Waals surface area contributed by atoms with Gasteiger partial charge in [-0.05, 0) is 476 Å². The Balaban J connectivity index is 0.000000114. The SMILES string of the molecule is CC(C)C1C2C=CCCC21.CC(C)C1C2CC=CCC21.CC(C)C1C2CCCC21.CC(C)C1C2CCCCC21.CC(C)C1C2CCSCC21.CC(C)C1C2COCC21.CC(C)C1C2CSCC21.CC(C)C1CC2CCCC21.CC(C)C1CC2CCCC2C1.CC(C)C1CC2COCC21.CC(C)C1CC2COCC2C1.CC(C)C1CC2CSCC21.CC(C)C1CC2CSCC2C1. The van der Waals surface area contributed by atoms with Gasteiger partial charge in [0.15, 0.2) is 0 Å². The third-order valence-corrected chi connectivity index (χ3v) is 47.7. The highest BCUT2D eigenvalue weighted by Crippen LogP contribution is 2.65. The molecule has 7 saturated heterocycles.